The van der Waals surface area contributed by atoms with Crippen molar-refractivity contribution in [1.82, 2.24) is 9.80 Å². The summed E-state index contributed by atoms with van der Waals surface area (Å²) in [6, 6.07) is 9.76. The van der Waals surface area contributed by atoms with E-state index in [9.17, 15) is 9.59 Å². The Morgan fingerprint density at radius 3 is 2.96 bits per heavy atom. The van der Waals surface area contributed by atoms with Crippen LogP contribution in [0.1, 0.15) is 30.2 Å². The van der Waals surface area contributed by atoms with E-state index in [-0.39, 0.29) is 24.2 Å². The summed E-state index contributed by atoms with van der Waals surface area (Å²) in [4.78, 5) is 28.9. The molecule has 2 aromatic rings. The van der Waals surface area contributed by atoms with Crippen LogP contribution in [0.5, 0.6) is 5.75 Å². The number of fused-ring (bicyclic) bond motifs is 1. The highest BCUT2D eigenvalue weighted by molar-refractivity contribution is 5.89. The molecule has 0 radical (unpaired) electrons. The summed E-state index contributed by atoms with van der Waals surface area (Å²) in [5, 5.41) is 0. The molecular weight excluding hydrogens is 344 g/mol. The number of hydrogen-bond acceptors (Lipinski definition) is 4. The molecule has 1 aromatic carbocycles. The molecule has 1 atom stereocenters. The zero-order valence-corrected chi connectivity index (χ0v) is 15.5. The average molecular weight is 368 g/mol. The molecule has 0 saturated carbocycles. The monoisotopic (exact) mass is 368 g/mol. The Kier molecular flexibility index (Phi) is 4.88. The maximum absolute atomic E-state index is 13.0. The summed E-state index contributed by atoms with van der Waals surface area (Å²) in [6.45, 7) is 4.75. The fraction of sp³-hybridized carbons (Fsp3) is 0.429. The largest absolute Gasteiger partial charge is 0.494 e. The number of benzene rings is 1. The Hall–Kier alpha value is -2.76. The SMILES string of the molecule is CCOc1ccc2c(c1)CN(C(=O)C1CC(=O)N(Cc3ccco3)C1)CC2. The van der Waals surface area contributed by atoms with Gasteiger partial charge < -0.3 is 19.0 Å². The van der Waals surface area contributed by atoms with Crippen LogP contribution in [0.3, 0.4) is 0 Å². The van der Waals surface area contributed by atoms with Gasteiger partial charge in [0, 0.05) is 26.1 Å². The lowest BCUT2D eigenvalue weighted by atomic mass is 9.97. The molecule has 1 unspecified atom stereocenters. The van der Waals surface area contributed by atoms with Gasteiger partial charge in [-0.15, -0.1) is 0 Å². The van der Waals surface area contributed by atoms with Gasteiger partial charge in [-0.05, 0) is 48.7 Å². The summed E-state index contributed by atoms with van der Waals surface area (Å²) in [5.41, 5.74) is 2.40. The van der Waals surface area contributed by atoms with Crippen LogP contribution in [-0.4, -0.2) is 41.3 Å². The van der Waals surface area contributed by atoms with Gasteiger partial charge in [0.25, 0.3) is 0 Å². The molecule has 6 heteroatoms. The van der Waals surface area contributed by atoms with Gasteiger partial charge >= 0.3 is 0 Å². The number of carbonyl (C=O) groups excluding carboxylic acids is 2. The van der Waals surface area contributed by atoms with Crippen molar-refractivity contribution in [2.45, 2.75) is 32.9 Å². The second-order valence-electron chi connectivity index (χ2n) is 7.13. The zero-order valence-electron chi connectivity index (χ0n) is 15.5. The van der Waals surface area contributed by atoms with Crippen LogP contribution in [0.15, 0.2) is 41.0 Å². The van der Waals surface area contributed by atoms with Crippen molar-refractivity contribution in [2.24, 2.45) is 5.92 Å². The molecule has 2 aliphatic heterocycles. The number of amides is 2. The van der Waals surface area contributed by atoms with Crippen molar-refractivity contribution in [1.29, 1.82) is 0 Å². The van der Waals surface area contributed by atoms with E-state index in [1.807, 2.05) is 30.0 Å². The third-order valence-electron chi connectivity index (χ3n) is 5.30. The Labute approximate surface area is 158 Å². The highest BCUT2D eigenvalue weighted by Gasteiger charge is 2.37. The highest BCUT2D eigenvalue weighted by Crippen LogP contribution is 2.28. The first kappa shape index (κ1) is 17.6. The van der Waals surface area contributed by atoms with Gasteiger partial charge in [-0.2, -0.15) is 0 Å². The van der Waals surface area contributed by atoms with Crippen LogP contribution < -0.4 is 4.74 Å². The Morgan fingerprint density at radius 1 is 1.30 bits per heavy atom. The molecule has 4 rings (SSSR count). The van der Waals surface area contributed by atoms with Crippen molar-refractivity contribution in [3.8, 4) is 5.75 Å². The number of furan rings is 1. The van der Waals surface area contributed by atoms with Gasteiger partial charge in [0.1, 0.15) is 11.5 Å². The fourth-order valence-corrected chi connectivity index (χ4v) is 3.92. The van der Waals surface area contributed by atoms with E-state index in [2.05, 4.69) is 6.07 Å². The van der Waals surface area contributed by atoms with E-state index in [1.54, 1.807) is 17.2 Å². The average Bonchev–Trinajstić information content (AvgIpc) is 3.31. The molecule has 142 valence electrons. The maximum atomic E-state index is 13.0. The molecule has 27 heavy (non-hydrogen) atoms. The lowest BCUT2D eigenvalue weighted by Crippen LogP contribution is -2.40. The number of nitrogens with zero attached hydrogens (tertiary/aromatic N) is 2. The van der Waals surface area contributed by atoms with Gasteiger partial charge in [-0.25, -0.2) is 0 Å². The lowest BCUT2D eigenvalue weighted by molar-refractivity contribution is -0.136. The van der Waals surface area contributed by atoms with E-state index in [0.717, 1.165) is 23.5 Å². The van der Waals surface area contributed by atoms with Gasteiger partial charge in [0.15, 0.2) is 0 Å². The van der Waals surface area contributed by atoms with Crippen molar-refractivity contribution in [3.05, 3.63) is 53.5 Å². The second kappa shape index (κ2) is 7.47. The minimum atomic E-state index is -0.274. The minimum Gasteiger partial charge on any atom is -0.494 e. The molecule has 0 spiro atoms. The third-order valence-corrected chi connectivity index (χ3v) is 5.30. The molecular formula is C21H24N2O4. The van der Waals surface area contributed by atoms with Crippen molar-refractivity contribution in [2.75, 3.05) is 19.7 Å². The van der Waals surface area contributed by atoms with E-state index < -0.39 is 0 Å². The van der Waals surface area contributed by atoms with Crippen molar-refractivity contribution in [3.63, 3.8) is 0 Å². The molecule has 0 aliphatic carbocycles. The Balaban J connectivity index is 1.41. The first-order valence-electron chi connectivity index (χ1n) is 9.47. The van der Waals surface area contributed by atoms with Crippen LogP contribution in [0.2, 0.25) is 0 Å². The van der Waals surface area contributed by atoms with Crippen LogP contribution in [0.4, 0.5) is 0 Å². The normalized spacial score (nSPS) is 19.3. The van der Waals surface area contributed by atoms with Crippen molar-refractivity contribution >= 4 is 11.8 Å². The number of likely N-dealkylation sites (tertiary alicyclic amines) is 1. The van der Waals surface area contributed by atoms with Gasteiger partial charge in [-0.3, -0.25) is 9.59 Å². The third kappa shape index (κ3) is 3.70. The van der Waals surface area contributed by atoms with Gasteiger partial charge in [-0.1, -0.05) is 6.07 Å². The molecule has 0 bridgehead atoms. The van der Waals surface area contributed by atoms with Gasteiger partial charge in [0.05, 0.1) is 25.3 Å². The van der Waals surface area contributed by atoms with E-state index in [0.29, 0.717) is 32.8 Å². The van der Waals surface area contributed by atoms with Crippen LogP contribution in [-0.2, 0) is 29.1 Å². The van der Waals surface area contributed by atoms with Gasteiger partial charge in [0.2, 0.25) is 11.8 Å². The molecule has 1 fully saturated rings. The van der Waals surface area contributed by atoms with Crippen LogP contribution >= 0.6 is 0 Å². The highest BCUT2D eigenvalue weighted by atomic mass is 16.5. The fourth-order valence-electron chi connectivity index (χ4n) is 3.92. The molecule has 3 heterocycles. The van der Waals surface area contributed by atoms with E-state index in [4.69, 9.17) is 9.15 Å². The molecule has 1 saturated heterocycles. The molecule has 2 aliphatic rings. The Morgan fingerprint density at radius 2 is 2.19 bits per heavy atom. The second-order valence-corrected chi connectivity index (χ2v) is 7.13. The maximum Gasteiger partial charge on any atom is 0.228 e. The first-order valence-corrected chi connectivity index (χ1v) is 9.47. The number of ether oxygens (including phenoxy) is 1. The summed E-state index contributed by atoms with van der Waals surface area (Å²) in [5.74, 6) is 1.39. The minimum absolute atomic E-state index is 0.0146. The standard InChI is InChI=1S/C21H24N2O4/c1-2-26-18-6-5-15-7-8-22(12-16(15)10-18)21(25)17-11-20(24)23(13-17)14-19-4-3-9-27-19/h3-6,9-10,17H,2,7-8,11-14H2,1H3. The predicted molar refractivity (Wildman–Crippen MR) is 99.0 cm³/mol. The predicted octanol–water partition coefficient (Wildman–Crippen LogP) is 2.61. The summed E-state index contributed by atoms with van der Waals surface area (Å²) in [7, 11) is 0. The summed E-state index contributed by atoms with van der Waals surface area (Å²) < 4.78 is 10.9. The van der Waals surface area contributed by atoms with E-state index in [1.165, 1.54) is 5.56 Å². The summed E-state index contributed by atoms with van der Waals surface area (Å²) in [6.07, 6.45) is 2.71. The first-order chi connectivity index (χ1) is 13.1. The zero-order chi connectivity index (χ0) is 18.8. The Bertz CT molecular complexity index is 831. The van der Waals surface area contributed by atoms with E-state index >= 15 is 0 Å². The summed E-state index contributed by atoms with van der Waals surface area (Å²) >= 11 is 0. The van der Waals surface area contributed by atoms with Crippen molar-refractivity contribution < 1.29 is 18.7 Å². The quantitative estimate of drug-likeness (QED) is 0.814. The molecule has 2 amide bonds. The smallest absolute Gasteiger partial charge is 0.228 e. The molecule has 0 N–H and O–H groups in total. The van der Waals surface area contributed by atoms with Crippen LogP contribution in [0.25, 0.3) is 0 Å². The van der Waals surface area contributed by atoms with Crippen LogP contribution in [0, 0.1) is 5.92 Å². The molecule has 6 nitrogen and oxygen atoms in total. The molecule has 1 aromatic heterocycles. The number of hydrogen-bond donors (Lipinski definition) is 0. The topological polar surface area (TPSA) is 63.0 Å². The lowest BCUT2D eigenvalue weighted by Gasteiger charge is -2.31. The number of rotatable bonds is 5. The number of carbonyl (C=O) groups is 2.